The summed E-state index contributed by atoms with van der Waals surface area (Å²) in [5.41, 5.74) is 1.93. The number of piperidine rings is 1. The first-order chi connectivity index (χ1) is 47.9. The van der Waals surface area contributed by atoms with Gasteiger partial charge in [0.1, 0.15) is 29.6 Å². The number of Topliss-reactive ketones (excluding diaryl/α,β-unsaturated/α-hetero) is 3. The lowest BCUT2D eigenvalue weighted by molar-refractivity contribution is -0.302. The number of rotatable bonds is 19. The lowest BCUT2D eigenvalue weighted by Gasteiger charge is -2.59. The van der Waals surface area contributed by atoms with E-state index in [1.165, 1.54) is 19.1 Å². The second-order valence-electron chi connectivity index (χ2n) is 30.9. The summed E-state index contributed by atoms with van der Waals surface area (Å²) in [4.78, 5) is 98.1. The van der Waals surface area contributed by atoms with E-state index in [0.717, 1.165) is 35.2 Å². The number of anilines is 1. The average molecular weight is 1450 g/mol. The number of carbonyl (C=O) groups excluding carboxylic acids is 7. The molecule has 6 fully saturated rings. The van der Waals surface area contributed by atoms with Gasteiger partial charge in [-0.05, 0) is 182 Å². The number of aliphatic hydroxyl groups excluding tert-OH is 3. The van der Waals surface area contributed by atoms with E-state index >= 15 is 0 Å². The highest BCUT2D eigenvalue weighted by Crippen LogP contribution is 2.67. The molecule has 562 valence electrons. The van der Waals surface area contributed by atoms with E-state index in [9.17, 15) is 59.1 Å². The summed E-state index contributed by atoms with van der Waals surface area (Å²) < 4.78 is 35.1. The molecule has 2 bridgehead atoms. The number of nitrogens with zero attached hydrogens (tertiary/aromatic N) is 2. The molecule has 1 amide bonds. The maximum Gasteiger partial charge on any atom is 0.329 e. The summed E-state index contributed by atoms with van der Waals surface area (Å²) in [5, 5.41) is 57.6. The van der Waals surface area contributed by atoms with Crippen molar-refractivity contribution in [3.63, 3.8) is 0 Å². The third-order valence-electron chi connectivity index (χ3n) is 24.2. The van der Waals surface area contributed by atoms with Crippen molar-refractivity contribution in [2.75, 3.05) is 64.2 Å². The standard InChI is InChI=1S/C44H69NO12.C35H45Cl2NO6/c1-10-13-31-19-25(2)18-26(3)20-37(54-8)40-38(55-9)22-28(5)44(52,57-40)41(49)42(50)45-17-12-11-14-32(45)43(51)56-39(29(6)34(47)24-35(31)48)27(4)21-30-15-16-33(46)36(23-30)53-7;1-33-14-12-26(39)20-24(33)8-11-27-28-13-15-35(43,34(28,2)21-29(40)32(27)33)30(41)22-44-31(42)5-3-4-23-6-9-25(10-7-23)38(18-16-36)19-17-37/h10,19,21,26,28-34,36-40,46-47,52H,1,11-18,20,22-24H2,2-9H3;6-7,9-10,12,14,20,27-29,32,40,43H,3-5,8,11,13,15-19,21-22H2,1-2H3/b25-19+,27-21+;/t26-,28+,29+,30-,31+,32-,33+,34-,36+,37-,38-,39+,40+,44+;27-,28-,29-,32+,33-,34-,35-/m00/s1. The Hall–Kier alpha value is -4.97. The van der Waals surface area contributed by atoms with E-state index in [-0.39, 0.29) is 92.3 Å². The highest BCUT2D eigenvalue weighted by molar-refractivity contribution is 6.39. The molecule has 0 spiro atoms. The van der Waals surface area contributed by atoms with Gasteiger partial charge in [0, 0.05) is 106 Å². The number of alkyl halides is 2. The molecule has 0 aromatic heterocycles. The van der Waals surface area contributed by atoms with Crippen molar-refractivity contribution in [2.45, 2.75) is 237 Å². The number of aryl methyl sites for hydroxylation is 1. The van der Waals surface area contributed by atoms with Gasteiger partial charge in [-0.1, -0.05) is 82.2 Å². The smallest absolute Gasteiger partial charge is 0.329 e. The molecular weight excluding hydrogens is 1340 g/mol. The average Bonchev–Trinajstić information content (AvgIpc) is 1.63. The number of aliphatic hydroxyl groups is 5. The van der Waals surface area contributed by atoms with Crippen LogP contribution in [0.25, 0.3) is 0 Å². The van der Waals surface area contributed by atoms with Crippen LogP contribution in [-0.2, 0) is 68.4 Å². The van der Waals surface area contributed by atoms with Gasteiger partial charge in [-0.2, -0.15) is 0 Å². The molecule has 22 heteroatoms. The van der Waals surface area contributed by atoms with E-state index in [1.54, 1.807) is 39.2 Å². The number of amides is 1. The summed E-state index contributed by atoms with van der Waals surface area (Å²) in [6.07, 6.45) is 13.7. The molecule has 8 aliphatic rings. The van der Waals surface area contributed by atoms with Crippen molar-refractivity contribution in [3.05, 3.63) is 89.6 Å². The number of hydrogen-bond donors (Lipinski definition) is 5. The van der Waals surface area contributed by atoms with Gasteiger partial charge in [-0.15, -0.1) is 29.8 Å². The minimum Gasteiger partial charge on any atom is -0.458 e. The van der Waals surface area contributed by atoms with Gasteiger partial charge >= 0.3 is 11.9 Å². The molecule has 4 saturated carbocycles. The van der Waals surface area contributed by atoms with Gasteiger partial charge in [0.25, 0.3) is 11.7 Å². The Bertz CT molecular complexity index is 3200. The van der Waals surface area contributed by atoms with Crippen LogP contribution in [0.15, 0.2) is 84.0 Å². The van der Waals surface area contributed by atoms with Crippen molar-refractivity contribution >= 4 is 69.9 Å². The molecule has 3 aliphatic heterocycles. The number of cyclic esters (lactones) is 1. The molecular formula is C79H114Cl2N2O18. The van der Waals surface area contributed by atoms with E-state index in [4.69, 9.17) is 51.6 Å². The number of ether oxygens (including phenoxy) is 6. The van der Waals surface area contributed by atoms with Crippen LogP contribution in [0.4, 0.5) is 5.69 Å². The first-order valence-corrected chi connectivity index (χ1v) is 37.9. The van der Waals surface area contributed by atoms with E-state index in [0.29, 0.717) is 101 Å². The van der Waals surface area contributed by atoms with Crippen LogP contribution < -0.4 is 4.90 Å². The highest BCUT2D eigenvalue weighted by Gasteiger charge is 2.68. The van der Waals surface area contributed by atoms with Gasteiger partial charge in [-0.25, -0.2) is 4.79 Å². The lowest BCUT2D eigenvalue weighted by Crippen LogP contribution is -2.64. The normalized spacial score (nSPS) is 38.0. The number of hydrogen-bond acceptors (Lipinski definition) is 19. The Morgan fingerprint density at radius 2 is 1.52 bits per heavy atom. The van der Waals surface area contributed by atoms with E-state index in [2.05, 4.69) is 18.4 Å². The van der Waals surface area contributed by atoms with Crippen molar-refractivity contribution < 1.29 is 87.5 Å². The molecule has 0 unspecified atom stereocenters. The maximum atomic E-state index is 14.3. The Kier molecular flexibility index (Phi) is 29.0. The molecule has 5 aliphatic carbocycles. The summed E-state index contributed by atoms with van der Waals surface area (Å²) in [5.74, 6) is -7.59. The van der Waals surface area contributed by atoms with Gasteiger partial charge < -0.3 is 63.8 Å². The van der Waals surface area contributed by atoms with Crippen LogP contribution in [-0.4, -0.2) is 197 Å². The molecule has 101 heavy (non-hydrogen) atoms. The van der Waals surface area contributed by atoms with Gasteiger partial charge in [0.05, 0.1) is 36.6 Å². The monoisotopic (exact) mass is 1450 g/mol. The number of fused-ring (bicyclic) bond motifs is 8. The number of halogens is 2. The molecule has 0 radical (unpaired) electrons. The fraction of sp³-hybridized carbons (Fsp3) is 0.709. The predicted octanol–water partition coefficient (Wildman–Crippen LogP) is 10.1. The Morgan fingerprint density at radius 1 is 0.842 bits per heavy atom. The minimum atomic E-state index is -2.51. The molecule has 21 atom stereocenters. The summed E-state index contributed by atoms with van der Waals surface area (Å²) >= 11 is 11.8. The fourth-order valence-corrected chi connectivity index (χ4v) is 18.8. The summed E-state index contributed by atoms with van der Waals surface area (Å²) in [7, 11) is 4.61. The molecule has 20 nitrogen and oxygen atoms in total. The third kappa shape index (κ3) is 18.5. The van der Waals surface area contributed by atoms with Crippen molar-refractivity contribution in [3.8, 4) is 0 Å². The molecule has 3 heterocycles. The van der Waals surface area contributed by atoms with Crippen molar-refractivity contribution in [1.82, 2.24) is 4.90 Å². The molecule has 5 N–H and O–H groups in total. The molecule has 2 saturated heterocycles. The predicted molar refractivity (Wildman–Crippen MR) is 385 cm³/mol. The van der Waals surface area contributed by atoms with E-state index in [1.807, 2.05) is 70.2 Å². The van der Waals surface area contributed by atoms with Crippen LogP contribution in [0.5, 0.6) is 0 Å². The number of allylic oxidation sites excluding steroid dienone is 8. The van der Waals surface area contributed by atoms with Crippen LogP contribution in [0, 0.1) is 58.2 Å². The number of methoxy groups -OCH3 is 3. The molecule has 9 rings (SSSR count). The first kappa shape index (κ1) is 81.7. The van der Waals surface area contributed by atoms with E-state index < -0.39 is 125 Å². The minimum absolute atomic E-state index is 0.00988. The van der Waals surface area contributed by atoms with Crippen molar-refractivity contribution in [2.24, 2.45) is 58.2 Å². The zero-order chi connectivity index (χ0) is 73.9. The van der Waals surface area contributed by atoms with Crippen LogP contribution >= 0.6 is 23.2 Å². The van der Waals surface area contributed by atoms with Crippen LogP contribution in [0.1, 0.15) is 170 Å². The Balaban J connectivity index is 0.000000265. The highest BCUT2D eigenvalue weighted by atomic mass is 35.5. The van der Waals surface area contributed by atoms with Gasteiger partial charge in [-0.3, -0.25) is 28.8 Å². The number of carbonyl (C=O) groups is 7. The number of ketones is 4. The largest absolute Gasteiger partial charge is 0.458 e. The second kappa shape index (κ2) is 35.9. The lowest BCUT2D eigenvalue weighted by atomic mass is 9.46. The summed E-state index contributed by atoms with van der Waals surface area (Å²) in [6.45, 7) is 18.1. The summed E-state index contributed by atoms with van der Waals surface area (Å²) in [6, 6.07) is 6.98. The second-order valence-corrected chi connectivity index (χ2v) is 31.6. The van der Waals surface area contributed by atoms with Gasteiger partial charge in [0.15, 0.2) is 12.4 Å². The molecule has 1 aromatic carbocycles. The quantitative estimate of drug-likeness (QED) is 0.0373. The topological polar surface area (TPSA) is 282 Å². The third-order valence-corrected chi connectivity index (χ3v) is 24.5. The Morgan fingerprint density at radius 3 is 2.19 bits per heavy atom. The van der Waals surface area contributed by atoms with Gasteiger partial charge in [0.2, 0.25) is 11.6 Å². The first-order valence-electron chi connectivity index (χ1n) is 36.8. The maximum absolute atomic E-state index is 14.3. The van der Waals surface area contributed by atoms with Crippen molar-refractivity contribution in [1.29, 1.82) is 0 Å². The Labute approximate surface area is 607 Å². The fourth-order valence-electron chi connectivity index (χ4n) is 18.4. The number of benzene rings is 1. The van der Waals surface area contributed by atoms with Crippen LogP contribution in [0.2, 0.25) is 0 Å². The zero-order valence-corrected chi connectivity index (χ0v) is 62.7. The van der Waals surface area contributed by atoms with Crippen LogP contribution in [0.3, 0.4) is 0 Å². The molecule has 1 aromatic rings. The SMILES string of the molecule is C=CC[C@@H]1/C=C(\C)C[C@H](C)C[C@H](OC)[C@H]2O[C@@](O)(C(=O)C(=O)N3CCCC[C@H]3C(=O)O[C@H](/C(C)=C/[C@@H]3CC[C@@H](O)[C@H](OC)C3)[C@H](C)[C@@H](O)CC1=O)[C@H](C)C[C@@H]2OC.C[C@]12C=CC(=O)C=C1CC[C@@H]1[C@@H]2[C@@H](O)C[C@@]2(C)[C@H]1CC[C@]2(O)C(=O)COC(=O)CCCc1ccc(N(CCCl)CCCl)cc1. The number of esters is 2. The zero-order valence-electron chi connectivity index (χ0n) is 61.2.